The van der Waals surface area contributed by atoms with E-state index in [9.17, 15) is 0 Å². The normalized spacial score (nSPS) is 21.8. The van der Waals surface area contributed by atoms with Crippen LogP contribution < -0.4 is 5.32 Å². The van der Waals surface area contributed by atoms with Crippen LogP contribution in [0.4, 0.5) is 0 Å². The molecule has 3 nitrogen and oxygen atoms in total. The fourth-order valence-corrected chi connectivity index (χ4v) is 2.68. The highest BCUT2D eigenvalue weighted by Crippen LogP contribution is 2.24. The highest BCUT2D eigenvalue weighted by Gasteiger charge is 2.17. The lowest BCUT2D eigenvalue weighted by molar-refractivity contribution is 0.00864. The van der Waals surface area contributed by atoms with E-state index in [2.05, 4.69) is 23.3 Å². The zero-order valence-corrected chi connectivity index (χ0v) is 11.5. The second-order valence-electron chi connectivity index (χ2n) is 5.14. The van der Waals surface area contributed by atoms with E-state index in [0.717, 1.165) is 19.4 Å². The van der Waals surface area contributed by atoms with Crippen molar-refractivity contribution in [2.75, 3.05) is 13.7 Å². The van der Waals surface area contributed by atoms with Gasteiger partial charge in [-0.15, -0.1) is 0 Å². The summed E-state index contributed by atoms with van der Waals surface area (Å²) in [7, 11) is 2.03. The van der Waals surface area contributed by atoms with Crippen LogP contribution >= 0.6 is 0 Å². The van der Waals surface area contributed by atoms with Crippen molar-refractivity contribution in [2.45, 2.75) is 51.2 Å². The lowest BCUT2D eigenvalue weighted by Gasteiger charge is -2.25. The van der Waals surface area contributed by atoms with Gasteiger partial charge < -0.3 is 10.1 Å². The summed E-state index contributed by atoms with van der Waals surface area (Å²) in [5, 5.41) is 3.40. The van der Waals surface area contributed by atoms with Crippen LogP contribution in [0.5, 0.6) is 0 Å². The van der Waals surface area contributed by atoms with E-state index in [4.69, 9.17) is 4.74 Å². The summed E-state index contributed by atoms with van der Waals surface area (Å²) in [5.41, 5.74) is 2.63. The van der Waals surface area contributed by atoms with Crippen molar-refractivity contribution in [2.24, 2.45) is 0 Å². The summed E-state index contributed by atoms with van der Waals surface area (Å²) in [5.74, 6) is 0. The van der Waals surface area contributed by atoms with Crippen molar-refractivity contribution in [1.29, 1.82) is 0 Å². The molecule has 0 spiro atoms. The maximum atomic E-state index is 5.80. The number of hydrogen-bond donors (Lipinski definition) is 1. The molecule has 1 saturated heterocycles. The van der Waals surface area contributed by atoms with E-state index in [-0.39, 0.29) is 0 Å². The number of rotatable bonds is 5. The highest BCUT2D eigenvalue weighted by atomic mass is 16.5. The molecular formula is C15H24N2O. The molecular weight excluding hydrogens is 224 g/mol. The predicted octanol–water partition coefficient (Wildman–Crippen LogP) is 3.00. The molecule has 0 bridgehead atoms. The van der Waals surface area contributed by atoms with E-state index in [1.165, 1.54) is 30.4 Å². The molecule has 1 N–H and O–H groups in total. The Kier molecular flexibility index (Phi) is 5.14. The molecule has 2 atom stereocenters. The van der Waals surface area contributed by atoms with Crippen molar-refractivity contribution in [3.63, 3.8) is 0 Å². The van der Waals surface area contributed by atoms with Gasteiger partial charge in [-0.1, -0.05) is 0 Å². The topological polar surface area (TPSA) is 34.1 Å². The van der Waals surface area contributed by atoms with E-state index in [1.807, 2.05) is 19.4 Å². The summed E-state index contributed by atoms with van der Waals surface area (Å²) in [6.07, 6.45) is 10.3. The number of nitrogens with one attached hydrogen (secondary N) is 1. The Hall–Kier alpha value is -0.930. The van der Waals surface area contributed by atoms with Crippen molar-refractivity contribution in [1.82, 2.24) is 10.3 Å². The fourth-order valence-electron chi connectivity index (χ4n) is 2.68. The van der Waals surface area contributed by atoms with E-state index >= 15 is 0 Å². The van der Waals surface area contributed by atoms with Crippen LogP contribution in [0.3, 0.4) is 0 Å². The molecule has 0 amide bonds. The van der Waals surface area contributed by atoms with Crippen LogP contribution in [0, 0.1) is 6.92 Å². The molecule has 1 aliphatic heterocycles. The number of nitrogens with zero attached hydrogens (tertiary/aromatic N) is 1. The van der Waals surface area contributed by atoms with Crippen molar-refractivity contribution in [3.8, 4) is 0 Å². The number of pyridine rings is 1. The van der Waals surface area contributed by atoms with Gasteiger partial charge in [-0.25, -0.2) is 0 Å². The minimum absolute atomic E-state index is 0.393. The largest absolute Gasteiger partial charge is 0.378 e. The Morgan fingerprint density at radius 3 is 3.06 bits per heavy atom. The van der Waals surface area contributed by atoms with Gasteiger partial charge in [0.05, 0.1) is 6.10 Å². The summed E-state index contributed by atoms with van der Waals surface area (Å²) >= 11 is 0. The quantitative estimate of drug-likeness (QED) is 0.869. The Bertz CT molecular complexity index is 361. The van der Waals surface area contributed by atoms with Gasteiger partial charge in [-0.2, -0.15) is 0 Å². The summed E-state index contributed by atoms with van der Waals surface area (Å²) in [6.45, 7) is 3.10. The van der Waals surface area contributed by atoms with E-state index < -0.39 is 0 Å². The fraction of sp³-hybridized carbons (Fsp3) is 0.667. The third-order valence-electron chi connectivity index (χ3n) is 3.85. The van der Waals surface area contributed by atoms with Crippen LogP contribution in [0.1, 0.15) is 49.3 Å². The van der Waals surface area contributed by atoms with Crippen LogP contribution in [-0.4, -0.2) is 24.7 Å². The SMILES string of the molecule is CNC(CCC1CCCCO1)c1cnccc1C. The van der Waals surface area contributed by atoms with Crippen molar-refractivity contribution >= 4 is 0 Å². The molecule has 1 aliphatic rings. The average molecular weight is 248 g/mol. The van der Waals surface area contributed by atoms with Gasteiger partial charge in [0.2, 0.25) is 0 Å². The molecule has 18 heavy (non-hydrogen) atoms. The molecule has 1 aromatic heterocycles. The molecule has 0 aromatic carbocycles. The van der Waals surface area contributed by atoms with Crippen LogP contribution in [0.15, 0.2) is 18.5 Å². The molecule has 0 aliphatic carbocycles. The first-order valence-corrected chi connectivity index (χ1v) is 7.00. The van der Waals surface area contributed by atoms with Crippen LogP contribution in [-0.2, 0) is 4.74 Å². The standard InChI is InChI=1S/C15H24N2O/c1-12-8-9-17-11-14(12)15(16-2)7-6-13-5-3-4-10-18-13/h8-9,11,13,15-16H,3-7,10H2,1-2H3. The summed E-state index contributed by atoms with van der Waals surface area (Å²) in [4.78, 5) is 4.24. The third kappa shape index (κ3) is 3.53. The summed E-state index contributed by atoms with van der Waals surface area (Å²) in [6, 6.07) is 2.47. The predicted molar refractivity (Wildman–Crippen MR) is 73.6 cm³/mol. The number of ether oxygens (including phenoxy) is 1. The summed E-state index contributed by atoms with van der Waals surface area (Å²) < 4.78 is 5.80. The van der Waals surface area contributed by atoms with Crippen molar-refractivity contribution < 1.29 is 4.74 Å². The van der Waals surface area contributed by atoms with E-state index in [1.54, 1.807) is 0 Å². The van der Waals surface area contributed by atoms with Gasteiger partial charge in [0.1, 0.15) is 0 Å². The Labute approximate surface area is 110 Å². The number of aromatic nitrogens is 1. The van der Waals surface area contributed by atoms with E-state index in [0.29, 0.717) is 12.1 Å². The van der Waals surface area contributed by atoms with Gasteiger partial charge in [-0.3, -0.25) is 4.98 Å². The van der Waals surface area contributed by atoms with Gasteiger partial charge >= 0.3 is 0 Å². The minimum atomic E-state index is 0.393. The van der Waals surface area contributed by atoms with Gasteiger partial charge in [0.15, 0.2) is 0 Å². The molecule has 2 unspecified atom stereocenters. The first-order chi connectivity index (χ1) is 8.81. The Morgan fingerprint density at radius 1 is 1.50 bits per heavy atom. The van der Waals surface area contributed by atoms with Gasteiger partial charge in [-0.05, 0) is 63.3 Å². The first kappa shape index (κ1) is 13.5. The Balaban J connectivity index is 1.91. The molecule has 2 heterocycles. The zero-order valence-electron chi connectivity index (χ0n) is 11.5. The average Bonchev–Trinajstić information content (AvgIpc) is 2.42. The third-order valence-corrected chi connectivity index (χ3v) is 3.85. The van der Waals surface area contributed by atoms with Crippen molar-refractivity contribution in [3.05, 3.63) is 29.6 Å². The minimum Gasteiger partial charge on any atom is -0.378 e. The molecule has 2 rings (SSSR count). The molecule has 1 fully saturated rings. The maximum Gasteiger partial charge on any atom is 0.0575 e. The first-order valence-electron chi connectivity index (χ1n) is 7.00. The van der Waals surface area contributed by atoms with Crippen LogP contribution in [0.2, 0.25) is 0 Å². The number of aryl methyl sites for hydroxylation is 1. The second kappa shape index (κ2) is 6.86. The van der Waals surface area contributed by atoms with Gasteiger partial charge in [0, 0.05) is 25.0 Å². The second-order valence-corrected chi connectivity index (χ2v) is 5.14. The number of hydrogen-bond acceptors (Lipinski definition) is 3. The molecule has 100 valence electrons. The highest BCUT2D eigenvalue weighted by molar-refractivity contribution is 5.24. The maximum absolute atomic E-state index is 5.80. The lowest BCUT2D eigenvalue weighted by Crippen LogP contribution is -2.23. The molecule has 1 aromatic rings. The lowest BCUT2D eigenvalue weighted by atomic mass is 9.96. The molecule has 0 radical (unpaired) electrons. The van der Waals surface area contributed by atoms with Gasteiger partial charge in [0.25, 0.3) is 0 Å². The monoisotopic (exact) mass is 248 g/mol. The molecule has 3 heteroatoms. The zero-order chi connectivity index (χ0) is 12.8. The smallest absolute Gasteiger partial charge is 0.0575 e. The molecule has 0 saturated carbocycles. The van der Waals surface area contributed by atoms with Crippen LogP contribution in [0.25, 0.3) is 0 Å². The Morgan fingerprint density at radius 2 is 2.39 bits per heavy atom.